The topological polar surface area (TPSA) is 18.5 Å². The van der Waals surface area contributed by atoms with Gasteiger partial charge in [-0.15, -0.1) is 0 Å². The summed E-state index contributed by atoms with van der Waals surface area (Å²) in [7, 11) is 0. The van der Waals surface area contributed by atoms with Crippen molar-refractivity contribution in [2.45, 2.75) is 25.7 Å². The third-order valence-electron chi connectivity index (χ3n) is 4.43. The molecule has 126 valence electrons. The van der Waals surface area contributed by atoms with Gasteiger partial charge in [-0.1, -0.05) is 63.4 Å². The molecule has 2 aromatic carbocycles. The summed E-state index contributed by atoms with van der Waals surface area (Å²) in [5.41, 5.74) is 2.50. The maximum absolute atomic E-state index is 5.57. The number of rotatable bonds is 9. The smallest absolute Gasteiger partial charge is 0.119 e. The first-order valence-electron chi connectivity index (χ1n) is 8.32. The van der Waals surface area contributed by atoms with Crippen LogP contribution in [0.25, 0.3) is 0 Å². The van der Waals surface area contributed by atoms with Gasteiger partial charge in [-0.25, -0.2) is 0 Å². The first-order chi connectivity index (χ1) is 11.6. The van der Waals surface area contributed by atoms with E-state index in [9.17, 15) is 0 Å². The van der Waals surface area contributed by atoms with E-state index in [1.165, 1.54) is 11.1 Å². The Bertz CT molecular complexity index is 598. The molecule has 0 saturated carbocycles. The Morgan fingerprint density at radius 3 is 1.46 bits per heavy atom. The Morgan fingerprint density at radius 1 is 0.792 bits per heavy atom. The van der Waals surface area contributed by atoms with Gasteiger partial charge in [-0.2, -0.15) is 0 Å². The predicted molar refractivity (Wildman–Crippen MR) is 101 cm³/mol. The van der Waals surface area contributed by atoms with Gasteiger partial charge in [0.15, 0.2) is 0 Å². The molecular weight excluding hydrogens is 296 g/mol. The summed E-state index contributed by atoms with van der Waals surface area (Å²) in [6.07, 6.45) is 4.51. The van der Waals surface area contributed by atoms with Crippen LogP contribution in [0.2, 0.25) is 0 Å². The Balaban J connectivity index is 2.23. The molecule has 0 aliphatic carbocycles. The second kappa shape index (κ2) is 8.39. The Kier molecular flexibility index (Phi) is 6.25. The molecule has 0 amide bonds. The molecule has 24 heavy (non-hydrogen) atoms. The lowest BCUT2D eigenvalue weighted by Gasteiger charge is -2.30. The summed E-state index contributed by atoms with van der Waals surface area (Å²) >= 11 is 0. The third kappa shape index (κ3) is 4.08. The van der Waals surface area contributed by atoms with Crippen molar-refractivity contribution in [3.63, 3.8) is 0 Å². The van der Waals surface area contributed by atoms with E-state index in [2.05, 4.69) is 51.3 Å². The molecule has 0 fully saturated rings. The molecule has 0 N–H and O–H groups in total. The van der Waals surface area contributed by atoms with Crippen LogP contribution in [-0.2, 0) is 5.41 Å². The summed E-state index contributed by atoms with van der Waals surface area (Å²) in [6, 6.07) is 16.7. The molecule has 0 radical (unpaired) electrons. The van der Waals surface area contributed by atoms with Crippen LogP contribution < -0.4 is 9.47 Å². The lowest BCUT2D eigenvalue weighted by atomic mass is 9.74. The molecule has 0 unspecified atom stereocenters. The van der Waals surface area contributed by atoms with Gasteiger partial charge >= 0.3 is 0 Å². The molecule has 2 rings (SSSR count). The highest BCUT2D eigenvalue weighted by molar-refractivity contribution is 5.42. The first kappa shape index (κ1) is 17.9. The summed E-state index contributed by atoms with van der Waals surface area (Å²) < 4.78 is 11.1. The van der Waals surface area contributed by atoms with Gasteiger partial charge in [0.2, 0.25) is 0 Å². The van der Waals surface area contributed by atoms with Gasteiger partial charge in [0, 0.05) is 5.41 Å². The fourth-order valence-electron chi connectivity index (χ4n) is 2.72. The van der Waals surface area contributed by atoms with E-state index in [4.69, 9.17) is 9.47 Å². The zero-order valence-electron chi connectivity index (χ0n) is 14.6. The maximum atomic E-state index is 5.57. The van der Waals surface area contributed by atoms with Crippen molar-refractivity contribution in [1.82, 2.24) is 0 Å². The quantitative estimate of drug-likeness (QED) is 0.565. The average molecular weight is 322 g/mol. The van der Waals surface area contributed by atoms with Crippen molar-refractivity contribution in [2.24, 2.45) is 0 Å². The van der Waals surface area contributed by atoms with Crippen LogP contribution >= 0.6 is 0 Å². The highest BCUT2D eigenvalue weighted by atomic mass is 16.5. The summed E-state index contributed by atoms with van der Waals surface area (Å²) in [5, 5.41) is 0. The average Bonchev–Trinajstić information content (AvgIpc) is 2.65. The molecule has 0 atom stereocenters. The molecule has 0 bridgehead atoms. The molecule has 0 heterocycles. The highest BCUT2D eigenvalue weighted by Crippen LogP contribution is 2.36. The van der Waals surface area contributed by atoms with Gasteiger partial charge in [0.1, 0.15) is 24.7 Å². The maximum Gasteiger partial charge on any atom is 0.119 e. The summed E-state index contributed by atoms with van der Waals surface area (Å²) in [6.45, 7) is 12.9. The summed E-state index contributed by atoms with van der Waals surface area (Å²) in [5.74, 6) is 1.73. The van der Waals surface area contributed by atoms with Gasteiger partial charge in [0.25, 0.3) is 0 Å². The van der Waals surface area contributed by atoms with Crippen LogP contribution in [0.3, 0.4) is 0 Å². The van der Waals surface area contributed by atoms with E-state index in [0.29, 0.717) is 13.2 Å². The van der Waals surface area contributed by atoms with Crippen LogP contribution in [0.5, 0.6) is 11.5 Å². The fraction of sp³-hybridized carbons (Fsp3) is 0.273. The van der Waals surface area contributed by atoms with E-state index in [-0.39, 0.29) is 5.41 Å². The van der Waals surface area contributed by atoms with Crippen LogP contribution in [0.4, 0.5) is 0 Å². The van der Waals surface area contributed by atoms with Crippen molar-refractivity contribution in [3.05, 3.63) is 85.0 Å². The summed E-state index contributed by atoms with van der Waals surface area (Å²) in [4.78, 5) is 0. The largest absolute Gasteiger partial charge is 0.490 e. The second-order valence-electron chi connectivity index (χ2n) is 5.93. The monoisotopic (exact) mass is 322 g/mol. The second-order valence-corrected chi connectivity index (χ2v) is 5.93. The van der Waals surface area contributed by atoms with E-state index < -0.39 is 0 Å². The van der Waals surface area contributed by atoms with Crippen LogP contribution in [0.1, 0.15) is 31.4 Å². The number of hydrogen-bond donors (Lipinski definition) is 0. The molecule has 0 aliphatic heterocycles. The molecular formula is C22H26O2. The number of benzene rings is 2. The lowest BCUT2D eigenvalue weighted by Crippen LogP contribution is -2.22. The standard InChI is InChI=1S/C22H26O2/c1-5-16-23-20-12-8-18(9-13-20)22(4,7-3)19-10-14-21(15-11-19)24-17-6-2/h5-6,8-15H,1-2,7,16-17H2,3-4H3. The first-order valence-corrected chi connectivity index (χ1v) is 8.32. The van der Waals surface area contributed by atoms with Crippen molar-refractivity contribution in [1.29, 1.82) is 0 Å². The van der Waals surface area contributed by atoms with Crippen molar-refractivity contribution in [3.8, 4) is 11.5 Å². The zero-order chi connectivity index (χ0) is 17.4. The Morgan fingerprint density at radius 2 is 1.17 bits per heavy atom. The Labute approximate surface area is 145 Å². The van der Waals surface area contributed by atoms with Crippen LogP contribution in [0, 0.1) is 0 Å². The van der Waals surface area contributed by atoms with Gasteiger partial charge in [-0.05, 0) is 41.8 Å². The molecule has 2 aromatic rings. The number of ether oxygens (including phenoxy) is 2. The van der Waals surface area contributed by atoms with E-state index in [0.717, 1.165) is 17.9 Å². The highest BCUT2D eigenvalue weighted by Gasteiger charge is 2.26. The minimum atomic E-state index is -0.0477. The third-order valence-corrected chi connectivity index (χ3v) is 4.43. The molecule has 0 aromatic heterocycles. The molecule has 2 nitrogen and oxygen atoms in total. The van der Waals surface area contributed by atoms with Gasteiger partial charge in [0.05, 0.1) is 0 Å². The normalized spacial score (nSPS) is 10.9. The lowest BCUT2D eigenvalue weighted by molar-refractivity contribution is 0.362. The van der Waals surface area contributed by atoms with Crippen molar-refractivity contribution < 1.29 is 9.47 Å². The SMILES string of the molecule is C=CCOc1ccc(C(C)(CC)c2ccc(OCC=C)cc2)cc1. The zero-order valence-corrected chi connectivity index (χ0v) is 14.6. The minimum absolute atomic E-state index is 0.0477. The van der Waals surface area contributed by atoms with Crippen molar-refractivity contribution in [2.75, 3.05) is 13.2 Å². The molecule has 2 heteroatoms. The van der Waals surface area contributed by atoms with Crippen LogP contribution in [-0.4, -0.2) is 13.2 Å². The van der Waals surface area contributed by atoms with E-state index in [1.54, 1.807) is 12.2 Å². The van der Waals surface area contributed by atoms with Gasteiger partial charge in [-0.3, -0.25) is 0 Å². The number of hydrogen-bond acceptors (Lipinski definition) is 2. The molecule has 0 spiro atoms. The predicted octanol–water partition coefficient (Wildman–Crippen LogP) is 5.53. The molecule has 0 saturated heterocycles. The van der Waals surface area contributed by atoms with Gasteiger partial charge < -0.3 is 9.47 Å². The Hall–Kier alpha value is -2.48. The minimum Gasteiger partial charge on any atom is -0.490 e. The van der Waals surface area contributed by atoms with E-state index in [1.807, 2.05) is 24.3 Å². The molecule has 0 aliphatic rings. The van der Waals surface area contributed by atoms with Crippen LogP contribution in [0.15, 0.2) is 73.8 Å². The van der Waals surface area contributed by atoms with E-state index >= 15 is 0 Å². The fourth-order valence-corrected chi connectivity index (χ4v) is 2.72. The van der Waals surface area contributed by atoms with Crippen molar-refractivity contribution >= 4 is 0 Å².